The van der Waals surface area contributed by atoms with Gasteiger partial charge in [-0.15, -0.1) is 5.10 Å². The molecule has 2 rings (SSSR count). The summed E-state index contributed by atoms with van der Waals surface area (Å²) < 4.78 is 0. The molecule has 0 radical (unpaired) electrons. The van der Waals surface area contributed by atoms with Crippen LogP contribution in [0.1, 0.15) is 30.0 Å². The lowest BCUT2D eigenvalue weighted by Gasteiger charge is -2.05. The number of rotatable bonds is 3. The molecule has 7 N–H and O–H groups in total. The van der Waals surface area contributed by atoms with Crippen molar-refractivity contribution in [3.63, 3.8) is 0 Å². The van der Waals surface area contributed by atoms with Crippen molar-refractivity contribution >= 4 is 17.5 Å². The molecule has 1 unspecified atom stereocenters. The predicted molar refractivity (Wildman–Crippen MR) is 77.3 cm³/mol. The van der Waals surface area contributed by atoms with Gasteiger partial charge in [0.15, 0.2) is 0 Å². The molecule has 1 aliphatic carbocycles. The van der Waals surface area contributed by atoms with Crippen LogP contribution in [-0.2, 0) is 6.42 Å². The van der Waals surface area contributed by atoms with E-state index in [1.54, 1.807) is 0 Å². The highest BCUT2D eigenvalue weighted by Crippen LogP contribution is 2.32. The smallest absolute Gasteiger partial charge is 0.211 e. The number of nitrogens with zero attached hydrogens (tertiary/aromatic N) is 2. The van der Waals surface area contributed by atoms with E-state index in [9.17, 15) is 0 Å². The summed E-state index contributed by atoms with van der Waals surface area (Å²) in [6.45, 7) is 2.09. The van der Waals surface area contributed by atoms with Gasteiger partial charge in [0.1, 0.15) is 5.84 Å². The molecule has 0 aliphatic heterocycles. The third kappa shape index (κ3) is 2.42. The lowest BCUT2D eigenvalue weighted by atomic mass is 10.0. The first kappa shape index (κ1) is 13.1. The largest absolute Gasteiger partial charge is 0.384 e. The van der Waals surface area contributed by atoms with E-state index in [4.69, 9.17) is 22.6 Å². The molecule has 1 aromatic carbocycles. The number of guanidine groups is 1. The first-order valence-corrected chi connectivity index (χ1v) is 6.17. The second-order valence-corrected chi connectivity index (χ2v) is 4.56. The highest BCUT2D eigenvalue weighted by molar-refractivity contribution is 6.09. The molecule has 0 saturated heterocycles. The molecule has 19 heavy (non-hydrogen) atoms. The summed E-state index contributed by atoms with van der Waals surface area (Å²) in [5.74, 6) is 0.284. The van der Waals surface area contributed by atoms with E-state index in [-0.39, 0.29) is 17.7 Å². The minimum atomic E-state index is -0.0569. The van der Waals surface area contributed by atoms with Gasteiger partial charge in [-0.1, -0.05) is 25.1 Å². The summed E-state index contributed by atoms with van der Waals surface area (Å²) in [7, 11) is 0. The van der Waals surface area contributed by atoms with Crippen LogP contribution in [0.15, 0.2) is 28.4 Å². The third-order valence-corrected chi connectivity index (χ3v) is 3.35. The van der Waals surface area contributed by atoms with Gasteiger partial charge in [-0.25, -0.2) is 0 Å². The quantitative estimate of drug-likeness (QED) is 0.359. The van der Waals surface area contributed by atoms with Gasteiger partial charge in [0, 0.05) is 17.0 Å². The number of amidine groups is 1. The first-order valence-electron chi connectivity index (χ1n) is 6.17. The van der Waals surface area contributed by atoms with Gasteiger partial charge in [-0.3, -0.25) is 5.41 Å². The Bertz CT molecular complexity index is 568. The number of fused-ring (bicyclic) bond motifs is 1. The zero-order valence-electron chi connectivity index (χ0n) is 10.9. The SMILES string of the molecule is CCC1Cc2c(C(=N)N)cccc2/C1=N\N=C(N)N. The average Bonchev–Trinajstić information content (AvgIpc) is 2.73. The van der Waals surface area contributed by atoms with E-state index in [1.165, 1.54) is 0 Å². The second kappa shape index (κ2) is 5.09. The molecule has 0 amide bonds. The summed E-state index contributed by atoms with van der Waals surface area (Å²) >= 11 is 0. The Hall–Kier alpha value is -2.37. The van der Waals surface area contributed by atoms with E-state index in [0.29, 0.717) is 0 Å². The highest BCUT2D eigenvalue weighted by Gasteiger charge is 2.29. The molecule has 0 aromatic heterocycles. The molecule has 0 bridgehead atoms. The molecule has 100 valence electrons. The van der Waals surface area contributed by atoms with Gasteiger partial charge in [-0.05, 0) is 18.4 Å². The lowest BCUT2D eigenvalue weighted by molar-refractivity contribution is 0.682. The fourth-order valence-corrected chi connectivity index (χ4v) is 2.45. The van der Waals surface area contributed by atoms with Crippen molar-refractivity contribution in [1.29, 1.82) is 5.41 Å². The summed E-state index contributed by atoms with van der Waals surface area (Å²) in [4.78, 5) is 0. The maximum absolute atomic E-state index is 7.63. The fraction of sp³-hybridized carbons (Fsp3) is 0.308. The maximum Gasteiger partial charge on any atom is 0.211 e. The van der Waals surface area contributed by atoms with Crippen LogP contribution >= 0.6 is 0 Å². The third-order valence-electron chi connectivity index (χ3n) is 3.35. The van der Waals surface area contributed by atoms with E-state index >= 15 is 0 Å². The molecule has 0 heterocycles. The Kier molecular flexibility index (Phi) is 3.50. The summed E-state index contributed by atoms with van der Waals surface area (Å²) in [6.07, 6.45) is 1.76. The summed E-state index contributed by atoms with van der Waals surface area (Å²) in [5, 5.41) is 15.5. The van der Waals surface area contributed by atoms with Crippen LogP contribution in [0, 0.1) is 11.3 Å². The van der Waals surface area contributed by atoms with E-state index < -0.39 is 0 Å². The summed E-state index contributed by atoms with van der Waals surface area (Å²) in [5.41, 5.74) is 20.0. The van der Waals surface area contributed by atoms with Crippen LogP contribution in [0.3, 0.4) is 0 Å². The molecule has 6 heteroatoms. The van der Waals surface area contributed by atoms with E-state index in [1.807, 2.05) is 18.2 Å². The molecule has 6 nitrogen and oxygen atoms in total. The van der Waals surface area contributed by atoms with Crippen LogP contribution in [0.25, 0.3) is 0 Å². The Morgan fingerprint density at radius 3 is 2.68 bits per heavy atom. The Balaban J connectivity index is 2.55. The molecule has 1 atom stereocenters. The first-order chi connectivity index (χ1) is 9.04. The van der Waals surface area contributed by atoms with Gasteiger partial charge >= 0.3 is 0 Å². The standard InChI is InChI=1S/C13H18N6/c1-2-7-6-10-8(11(7)18-19-13(16)17)4-3-5-9(10)12(14)15/h3-5,7H,2,6H2,1H3,(H3,14,15)(H4,16,17,19)/b18-11-. The van der Waals surface area contributed by atoms with E-state index in [0.717, 1.165) is 35.2 Å². The minimum absolute atomic E-state index is 0.0569. The van der Waals surface area contributed by atoms with Gasteiger partial charge < -0.3 is 17.2 Å². The number of nitrogens with two attached hydrogens (primary N) is 3. The molecular weight excluding hydrogens is 240 g/mol. The van der Waals surface area contributed by atoms with Crippen molar-refractivity contribution in [3.8, 4) is 0 Å². The number of nitrogen functional groups attached to an aromatic ring is 1. The van der Waals surface area contributed by atoms with Gasteiger partial charge in [0.25, 0.3) is 0 Å². The number of hydrogen-bond acceptors (Lipinski definition) is 3. The molecule has 0 spiro atoms. The normalized spacial score (nSPS) is 19.2. The zero-order chi connectivity index (χ0) is 14.0. The van der Waals surface area contributed by atoms with Crippen molar-refractivity contribution in [1.82, 2.24) is 0 Å². The summed E-state index contributed by atoms with van der Waals surface area (Å²) in [6, 6.07) is 5.70. The van der Waals surface area contributed by atoms with Crippen LogP contribution in [0.5, 0.6) is 0 Å². The predicted octanol–water partition coefficient (Wildman–Crippen LogP) is 0.530. The number of nitrogens with one attached hydrogen (secondary N) is 1. The Labute approximate surface area is 111 Å². The average molecular weight is 258 g/mol. The Morgan fingerprint density at radius 1 is 1.37 bits per heavy atom. The van der Waals surface area contributed by atoms with Crippen molar-refractivity contribution < 1.29 is 0 Å². The molecule has 0 saturated carbocycles. The van der Waals surface area contributed by atoms with Crippen molar-refractivity contribution in [2.45, 2.75) is 19.8 Å². The Morgan fingerprint density at radius 2 is 2.11 bits per heavy atom. The fourth-order valence-electron chi connectivity index (χ4n) is 2.45. The van der Waals surface area contributed by atoms with E-state index in [2.05, 4.69) is 17.1 Å². The number of benzene rings is 1. The molecule has 1 aromatic rings. The zero-order valence-corrected chi connectivity index (χ0v) is 10.9. The van der Waals surface area contributed by atoms with Crippen molar-refractivity contribution in [2.24, 2.45) is 33.3 Å². The molecular formula is C13H18N6. The minimum Gasteiger partial charge on any atom is -0.384 e. The molecule has 1 aliphatic rings. The van der Waals surface area contributed by atoms with Gasteiger partial charge in [0.05, 0.1) is 5.71 Å². The maximum atomic E-state index is 7.63. The second-order valence-electron chi connectivity index (χ2n) is 4.56. The lowest BCUT2D eigenvalue weighted by Crippen LogP contribution is -2.22. The van der Waals surface area contributed by atoms with Gasteiger partial charge in [-0.2, -0.15) is 5.10 Å². The molecule has 0 fully saturated rings. The van der Waals surface area contributed by atoms with Crippen LogP contribution in [0.4, 0.5) is 0 Å². The van der Waals surface area contributed by atoms with Crippen LogP contribution in [0.2, 0.25) is 0 Å². The van der Waals surface area contributed by atoms with Crippen LogP contribution in [-0.4, -0.2) is 17.5 Å². The highest BCUT2D eigenvalue weighted by atomic mass is 15.3. The monoisotopic (exact) mass is 258 g/mol. The van der Waals surface area contributed by atoms with Gasteiger partial charge in [0.2, 0.25) is 5.96 Å². The van der Waals surface area contributed by atoms with Crippen LogP contribution < -0.4 is 17.2 Å². The topological polar surface area (TPSA) is 127 Å². The van der Waals surface area contributed by atoms with Crippen molar-refractivity contribution in [2.75, 3.05) is 0 Å². The number of hydrogen-bond donors (Lipinski definition) is 4. The van der Waals surface area contributed by atoms with Crippen molar-refractivity contribution in [3.05, 3.63) is 34.9 Å².